The average Bonchev–Trinajstić information content (AvgIpc) is 1.80. The van der Waals surface area contributed by atoms with E-state index < -0.39 is 8.24 Å². The highest BCUT2D eigenvalue weighted by atomic mass is 28.3. The minimum absolute atomic E-state index is 0.724. The lowest BCUT2D eigenvalue weighted by Gasteiger charge is -2.27. The number of hydrogen-bond acceptors (Lipinski definition) is 1. The van der Waals surface area contributed by atoms with Gasteiger partial charge in [-0.3, -0.25) is 0 Å². The van der Waals surface area contributed by atoms with Crippen molar-refractivity contribution in [1.82, 2.24) is 4.98 Å². The molecule has 0 bridgehead atoms. The highest BCUT2D eigenvalue weighted by Gasteiger charge is 2.21. The van der Waals surface area contributed by atoms with Gasteiger partial charge in [-0.25, -0.2) is 0 Å². The van der Waals surface area contributed by atoms with Crippen molar-refractivity contribution in [3.8, 4) is 0 Å². The van der Waals surface area contributed by atoms with Gasteiger partial charge in [-0.05, 0) is 12.4 Å². The zero-order valence-electron chi connectivity index (χ0n) is 8.86. The van der Waals surface area contributed by atoms with Crippen LogP contribution in [-0.2, 0) is 0 Å². The second-order valence-corrected chi connectivity index (χ2v) is 9.44. The van der Waals surface area contributed by atoms with Crippen LogP contribution in [0.25, 0.3) is 0 Å². The smallest absolute Gasteiger partial charge is 0.153 e. The molecule has 0 aliphatic rings. The minimum atomic E-state index is -1.05. The first-order valence-corrected chi connectivity index (χ1v) is 8.14. The molecule has 0 fully saturated rings. The number of rotatable bonds is 4. The van der Waals surface area contributed by atoms with Gasteiger partial charge in [-0.1, -0.05) is 40.2 Å². The Morgan fingerprint density at radius 2 is 1.73 bits per heavy atom. The highest BCUT2D eigenvalue weighted by Crippen LogP contribution is 2.03. The Bertz CT molecular complexity index is 109. The van der Waals surface area contributed by atoms with Gasteiger partial charge in [0.25, 0.3) is 0 Å². The van der Waals surface area contributed by atoms with Crippen molar-refractivity contribution >= 4 is 14.9 Å². The lowest BCUT2D eigenvalue weighted by molar-refractivity contribution is 0.752. The first kappa shape index (κ1) is 11.2. The van der Waals surface area contributed by atoms with Crippen molar-refractivity contribution in [2.75, 3.05) is 0 Å². The average molecular weight is 171 g/mol. The van der Waals surface area contributed by atoms with Crippen molar-refractivity contribution in [2.24, 2.45) is 0 Å². The van der Waals surface area contributed by atoms with Crippen LogP contribution in [0.2, 0.25) is 33.3 Å². The van der Waals surface area contributed by atoms with Crippen molar-refractivity contribution in [3.05, 3.63) is 0 Å². The quantitative estimate of drug-likeness (QED) is 0.641. The Kier molecular flexibility index (Phi) is 4.41. The lowest BCUT2D eigenvalue weighted by atomic mass is 9.48. The van der Waals surface area contributed by atoms with E-state index in [4.69, 9.17) is 0 Å². The van der Waals surface area contributed by atoms with E-state index in [9.17, 15) is 0 Å². The molecule has 0 aliphatic heterocycles. The van der Waals surface area contributed by atoms with Crippen molar-refractivity contribution in [1.29, 1.82) is 0 Å². The second kappa shape index (κ2) is 4.31. The third-order valence-electron chi connectivity index (χ3n) is 1.86. The standard InChI is InChI=1S/C8H22BNSi/c1-7-8(9(2)3)10-11(4,5)6/h8,10H,7H2,1-6H3/t8-/m0/s1. The fourth-order valence-corrected chi connectivity index (χ4v) is 2.95. The molecule has 0 saturated heterocycles. The van der Waals surface area contributed by atoms with Crippen LogP contribution in [0.15, 0.2) is 0 Å². The van der Waals surface area contributed by atoms with E-state index in [0.717, 1.165) is 12.7 Å². The summed E-state index contributed by atoms with van der Waals surface area (Å²) in [4.78, 5) is 3.74. The van der Waals surface area contributed by atoms with E-state index in [0.29, 0.717) is 0 Å². The largest absolute Gasteiger partial charge is 0.341 e. The van der Waals surface area contributed by atoms with E-state index in [2.05, 4.69) is 45.2 Å². The highest BCUT2D eigenvalue weighted by molar-refractivity contribution is 6.75. The van der Waals surface area contributed by atoms with Gasteiger partial charge >= 0.3 is 0 Å². The Morgan fingerprint density at radius 3 is 1.82 bits per heavy atom. The first-order valence-electron chi connectivity index (χ1n) is 4.64. The SMILES string of the molecule is CC[C@H](N[Si](C)(C)C)B(C)C. The predicted molar refractivity (Wildman–Crippen MR) is 58.0 cm³/mol. The molecule has 0 amide bonds. The Hall–Kier alpha value is 0.242. The van der Waals surface area contributed by atoms with Crippen LogP contribution in [0.4, 0.5) is 0 Å². The Balaban J connectivity index is 3.88. The molecular weight excluding hydrogens is 149 g/mol. The molecule has 1 N–H and O–H groups in total. The van der Waals surface area contributed by atoms with E-state index >= 15 is 0 Å². The zero-order chi connectivity index (χ0) is 9.07. The summed E-state index contributed by atoms with van der Waals surface area (Å²) in [5.41, 5.74) is 0. The maximum atomic E-state index is 3.74. The third kappa shape index (κ3) is 5.50. The van der Waals surface area contributed by atoms with Crippen LogP contribution >= 0.6 is 0 Å². The molecule has 66 valence electrons. The maximum Gasteiger partial charge on any atom is 0.153 e. The first-order chi connectivity index (χ1) is 4.87. The van der Waals surface area contributed by atoms with Crippen LogP contribution in [0.1, 0.15) is 13.3 Å². The molecule has 0 aliphatic carbocycles. The molecule has 0 aromatic rings. The lowest BCUT2D eigenvalue weighted by Crippen LogP contribution is -2.52. The summed E-state index contributed by atoms with van der Waals surface area (Å²) in [7, 11) is -1.05. The summed E-state index contributed by atoms with van der Waals surface area (Å²) < 4.78 is 0. The van der Waals surface area contributed by atoms with Crippen LogP contribution in [0.3, 0.4) is 0 Å². The minimum Gasteiger partial charge on any atom is -0.341 e. The topological polar surface area (TPSA) is 12.0 Å². The molecule has 0 spiro atoms. The third-order valence-corrected chi connectivity index (χ3v) is 3.10. The second-order valence-electron chi connectivity index (χ2n) is 4.65. The van der Waals surface area contributed by atoms with Gasteiger partial charge in [0, 0.05) is 0 Å². The normalized spacial score (nSPS) is 14.7. The molecule has 0 rings (SSSR count). The summed E-state index contributed by atoms with van der Waals surface area (Å²) in [6, 6.07) is 0. The van der Waals surface area contributed by atoms with Crippen LogP contribution in [0, 0.1) is 0 Å². The molecule has 3 heteroatoms. The molecule has 0 heterocycles. The zero-order valence-corrected chi connectivity index (χ0v) is 9.86. The molecule has 0 radical (unpaired) electrons. The van der Waals surface area contributed by atoms with Crippen molar-refractivity contribution < 1.29 is 0 Å². The van der Waals surface area contributed by atoms with E-state index in [-0.39, 0.29) is 0 Å². The van der Waals surface area contributed by atoms with Gasteiger partial charge in [-0.2, -0.15) is 0 Å². The molecule has 0 aromatic carbocycles. The Labute approximate surface area is 73.1 Å². The van der Waals surface area contributed by atoms with Crippen molar-refractivity contribution in [3.63, 3.8) is 0 Å². The molecule has 1 atom stereocenters. The van der Waals surface area contributed by atoms with Crippen LogP contribution < -0.4 is 4.98 Å². The van der Waals surface area contributed by atoms with Crippen LogP contribution in [0.5, 0.6) is 0 Å². The molecule has 11 heavy (non-hydrogen) atoms. The van der Waals surface area contributed by atoms with E-state index in [1.807, 2.05) is 0 Å². The molecule has 1 nitrogen and oxygen atoms in total. The summed E-state index contributed by atoms with van der Waals surface area (Å²) in [5, 5.41) is 0. The van der Waals surface area contributed by atoms with Gasteiger partial charge in [0.1, 0.15) is 8.24 Å². The summed E-state index contributed by atoms with van der Waals surface area (Å²) in [5.74, 6) is 0.724. The van der Waals surface area contributed by atoms with E-state index in [1.165, 1.54) is 6.42 Å². The van der Waals surface area contributed by atoms with Crippen LogP contribution in [-0.4, -0.2) is 20.9 Å². The molecule has 0 unspecified atom stereocenters. The Morgan fingerprint density at radius 1 is 1.27 bits per heavy atom. The van der Waals surface area contributed by atoms with E-state index in [1.54, 1.807) is 0 Å². The fourth-order valence-electron chi connectivity index (χ4n) is 1.30. The molecular formula is C8H22BNSi. The molecule has 0 saturated carbocycles. The fraction of sp³-hybridized carbons (Fsp3) is 1.00. The molecule has 0 aromatic heterocycles. The number of nitrogens with one attached hydrogen (secondary N) is 1. The van der Waals surface area contributed by atoms with Gasteiger partial charge in [0.05, 0.1) is 0 Å². The number of hydrogen-bond donors (Lipinski definition) is 1. The summed E-state index contributed by atoms with van der Waals surface area (Å²) in [6.45, 7) is 14.7. The van der Waals surface area contributed by atoms with Crippen molar-refractivity contribution in [2.45, 2.75) is 52.6 Å². The van der Waals surface area contributed by atoms with Gasteiger partial charge in [0.2, 0.25) is 0 Å². The maximum absolute atomic E-state index is 3.74. The predicted octanol–water partition coefficient (Wildman–Crippen LogP) is 2.48. The monoisotopic (exact) mass is 171 g/mol. The van der Waals surface area contributed by atoms with Gasteiger partial charge < -0.3 is 4.98 Å². The van der Waals surface area contributed by atoms with Gasteiger partial charge in [-0.15, -0.1) is 0 Å². The van der Waals surface area contributed by atoms with Gasteiger partial charge in [0.15, 0.2) is 6.71 Å². The summed E-state index contributed by atoms with van der Waals surface area (Å²) in [6.07, 6.45) is 1.25. The summed E-state index contributed by atoms with van der Waals surface area (Å²) >= 11 is 0.